The molecule has 12 heavy (non-hydrogen) atoms. The lowest BCUT2D eigenvalue weighted by atomic mass is 9.64. The van der Waals surface area contributed by atoms with Gasteiger partial charge in [-0.1, -0.05) is 20.8 Å². The van der Waals surface area contributed by atoms with Crippen molar-refractivity contribution in [2.75, 3.05) is 13.1 Å². The molecule has 2 bridgehead atoms. The maximum Gasteiger partial charge on any atom is 0.00105 e. The molecule has 0 aromatic carbocycles. The summed E-state index contributed by atoms with van der Waals surface area (Å²) < 4.78 is 0. The third-order valence-corrected chi connectivity index (χ3v) is 4.53. The van der Waals surface area contributed by atoms with Crippen LogP contribution in [0.25, 0.3) is 0 Å². The molecule has 1 nitrogen and oxygen atoms in total. The summed E-state index contributed by atoms with van der Waals surface area (Å²) >= 11 is 0. The molecule has 0 amide bonds. The van der Waals surface area contributed by atoms with E-state index >= 15 is 0 Å². The van der Waals surface area contributed by atoms with Gasteiger partial charge in [-0.3, -0.25) is 0 Å². The van der Waals surface area contributed by atoms with E-state index in [4.69, 9.17) is 0 Å². The van der Waals surface area contributed by atoms with Gasteiger partial charge in [0.25, 0.3) is 0 Å². The van der Waals surface area contributed by atoms with Gasteiger partial charge in [0.05, 0.1) is 0 Å². The largest absolute Gasteiger partial charge is 0.316 e. The number of rotatable bonds is 0. The van der Waals surface area contributed by atoms with Crippen molar-refractivity contribution in [1.82, 2.24) is 5.32 Å². The van der Waals surface area contributed by atoms with Crippen molar-refractivity contribution in [2.24, 2.45) is 16.7 Å². The first-order chi connectivity index (χ1) is 5.06. The summed E-state index contributed by atoms with van der Waals surface area (Å²) in [5, 5.41) is 3.54. The van der Waals surface area contributed by atoms with Crippen molar-refractivity contribution in [3.8, 4) is 0 Å². The molecule has 0 spiro atoms. The van der Waals surface area contributed by atoms with Crippen LogP contribution >= 0.6 is 12.4 Å². The molecule has 1 aliphatic carbocycles. The lowest BCUT2D eigenvalue weighted by molar-refractivity contribution is 0.0546. The number of piperidine rings is 1. The standard InChI is InChI=1S/C10H19N.ClH/c1-9(2)8-4-5-10(9,3)7-11-6-8;/h8,11H,4-7H2,1-3H3;1H/t8?,10-;/m1./s1. The van der Waals surface area contributed by atoms with Gasteiger partial charge in [0, 0.05) is 6.54 Å². The van der Waals surface area contributed by atoms with Crippen LogP contribution in [-0.2, 0) is 0 Å². The fraction of sp³-hybridized carbons (Fsp3) is 1.00. The first-order valence-corrected chi connectivity index (χ1v) is 4.77. The highest BCUT2D eigenvalue weighted by Gasteiger charge is 2.53. The summed E-state index contributed by atoms with van der Waals surface area (Å²) in [6.45, 7) is 9.83. The van der Waals surface area contributed by atoms with Crippen molar-refractivity contribution in [3.05, 3.63) is 0 Å². The van der Waals surface area contributed by atoms with E-state index in [1.807, 2.05) is 0 Å². The van der Waals surface area contributed by atoms with Gasteiger partial charge in [-0.2, -0.15) is 0 Å². The van der Waals surface area contributed by atoms with Crippen LogP contribution in [0.4, 0.5) is 0 Å². The first kappa shape index (κ1) is 10.3. The minimum atomic E-state index is 0. The fourth-order valence-corrected chi connectivity index (χ4v) is 2.86. The Labute approximate surface area is 81.7 Å². The van der Waals surface area contributed by atoms with Gasteiger partial charge < -0.3 is 5.32 Å². The monoisotopic (exact) mass is 189 g/mol. The van der Waals surface area contributed by atoms with Gasteiger partial charge in [-0.05, 0) is 36.1 Å². The van der Waals surface area contributed by atoms with Crippen LogP contribution in [-0.4, -0.2) is 13.1 Å². The van der Waals surface area contributed by atoms with E-state index in [1.54, 1.807) is 0 Å². The number of hydrogen-bond acceptors (Lipinski definition) is 1. The molecule has 0 aromatic rings. The Morgan fingerprint density at radius 2 is 1.92 bits per heavy atom. The predicted molar refractivity (Wildman–Crippen MR) is 54.7 cm³/mol. The summed E-state index contributed by atoms with van der Waals surface area (Å²) in [5.74, 6) is 0.932. The molecule has 2 rings (SSSR count). The molecule has 2 aliphatic rings. The lowest BCUT2D eigenvalue weighted by Gasteiger charge is -2.46. The van der Waals surface area contributed by atoms with Gasteiger partial charge in [0.1, 0.15) is 0 Å². The fourth-order valence-electron chi connectivity index (χ4n) is 2.86. The Morgan fingerprint density at radius 1 is 1.25 bits per heavy atom. The van der Waals surface area contributed by atoms with Crippen LogP contribution in [0, 0.1) is 16.7 Å². The second-order valence-electron chi connectivity index (χ2n) is 5.15. The molecule has 2 atom stereocenters. The second-order valence-corrected chi connectivity index (χ2v) is 5.15. The third-order valence-electron chi connectivity index (χ3n) is 4.53. The predicted octanol–water partition coefficient (Wildman–Crippen LogP) is 2.45. The molecule has 1 aliphatic heterocycles. The highest BCUT2D eigenvalue weighted by molar-refractivity contribution is 5.85. The minimum absolute atomic E-state index is 0. The van der Waals surface area contributed by atoms with E-state index in [9.17, 15) is 0 Å². The van der Waals surface area contributed by atoms with Crippen LogP contribution in [0.3, 0.4) is 0 Å². The maximum absolute atomic E-state index is 3.54. The molecule has 2 fully saturated rings. The van der Waals surface area contributed by atoms with Crippen molar-refractivity contribution >= 4 is 12.4 Å². The van der Waals surface area contributed by atoms with Gasteiger partial charge >= 0.3 is 0 Å². The van der Waals surface area contributed by atoms with Crippen LogP contribution in [0.1, 0.15) is 33.6 Å². The number of halogens is 1. The average molecular weight is 190 g/mol. The van der Waals surface area contributed by atoms with Crippen LogP contribution in [0.5, 0.6) is 0 Å². The topological polar surface area (TPSA) is 12.0 Å². The summed E-state index contributed by atoms with van der Waals surface area (Å²) in [6.07, 6.45) is 2.87. The van der Waals surface area contributed by atoms with E-state index in [0.717, 1.165) is 5.92 Å². The molecule has 1 N–H and O–H groups in total. The smallest absolute Gasteiger partial charge is 0.00105 e. The van der Waals surface area contributed by atoms with Crippen molar-refractivity contribution in [3.63, 3.8) is 0 Å². The molecule has 1 unspecified atom stereocenters. The summed E-state index contributed by atoms with van der Waals surface area (Å²) in [6, 6.07) is 0. The lowest BCUT2D eigenvalue weighted by Crippen LogP contribution is -2.49. The Kier molecular flexibility index (Phi) is 2.48. The number of hydrogen-bond donors (Lipinski definition) is 1. The zero-order valence-corrected chi connectivity index (χ0v) is 9.13. The molecule has 1 saturated heterocycles. The van der Waals surface area contributed by atoms with E-state index in [0.29, 0.717) is 10.8 Å². The van der Waals surface area contributed by atoms with Gasteiger partial charge in [-0.25, -0.2) is 0 Å². The minimum Gasteiger partial charge on any atom is -0.316 e. The van der Waals surface area contributed by atoms with Gasteiger partial charge in [-0.15, -0.1) is 12.4 Å². The zero-order chi connectivity index (χ0) is 8.11. The summed E-state index contributed by atoms with van der Waals surface area (Å²) in [5.41, 5.74) is 1.16. The van der Waals surface area contributed by atoms with Crippen molar-refractivity contribution in [2.45, 2.75) is 33.6 Å². The Balaban J connectivity index is 0.000000720. The Hall–Kier alpha value is 0.250. The molecule has 1 heterocycles. The second kappa shape index (κ2) is 2.88. The van der Waals surface area contributed by atoms with Crippen LogP contribution < -0.4 is 5.32 Å². The first-order valence-electron chi connectivity index (χ1n) is 4.77. The molecular formula is C10H20ClN. The van der Waals surface area contributed by atoms with E-state index in [-0.39, 0.29) is 12.4 Å². The summed E-state index contributed by atoms with van der Waals surface area (Å²) in [4.78, 5) is 0. The van der Waals surface area contributed by atoms with E-state index < -0.39 is 0 Å². The highest BCUT2D eigenvalue weighted by Crippen LogP contribution is 2.57. The molecule has 0 aromatic heterocycles. The molecule has 0 radical (unpaired) electrons. The van der Waals surface area contributed by atoms with E-state index in [1.165, 1.54) is 25.9 Å². The summed E-state index contributed by atoms with van der Waals surface area (Å²) in [7, 11) is 0. The molecule has 72 valence electrons. The molecule has 1 saturated carbocycles. The zero-order valence-electron chi connectivity index (χ0n) is 8.31. The third kappa shape index (κ3) is 1.10. The SMILES string of the molecule is CC1(C)C2CC[C@]1(C)CNC2.Cl. The highest BCUT2D eigenvalue weighted by atomic mass is 35.5. The van der Waals surface area contributed by atoms with Crippen LogP contribution in [0.15, 0.2) is 0 Å². The number of fused-ring (bicyclic) bond motifs is 2. The number of nitrogens with one attached hydrogen (secondary N) is 1. The quantitative estimate of drug-likeness (QED) is 0.618. The van der Waals surface area contributed by atoms with E-state index in [2.05, 4.69) is 26.1 Å². The normalized spacial score (nSPS) is 43.8. The van der Waals surface area contributed by atoms with Crippen LogP contribution in [0.2, 0.25) is 0 Å². The van der Waals surface area contributed by atoms with Crippen molar-refractivity contribution < 1.29 is 0 Å². The molecule has 2 heteroatoms. The molecular weight excluding hydrogens is 170 g/mol. The Morgan fingerprint density at radius 3 is 2.42 bits per heavy atom. The maximum atomic E-state index is 3.54. The van der Waals surface area contributed by atoms with Crippen molar-refractivity contribution in [1.29, 1.82) is 0 Å². The van der Waals surface area contributed by atoms with Gasteiger partial charge in [0.2, 0.25) is 0 Å². The Bertz CT molecular complexity index is 172. The average Bonchev–Trinajstić information content (AvgIpc) is 2.17. The van der Waals surface area contributed by atoms with Gasteiger partial charge in [0.15, 0.2) is 0 Å².